The molecular formula is C5H15Cl2N3. The summed E-state index contributed by atoms with van der Waals surface area (Å²) in [4.78, 5) is 0. The van der Waals surface area contributed by atoms with E-state index in [0.29, 0.717) is 13.0 Å². The van der Waals surface area contributed by atoms with Crippen molar-refractivity contribution in [3.05, 3.63) is 0 Å². The Morgan fingerprint density at radius 2 is 1.70 bits per heavy atom. The second kappa shape index (κ2) is 11.8. The molecule has 5 N–H and O–H groups in total. The molecule has 10 heavy (non-hydrogen) atoms. The summed E-state index contributed by atoms with van der Waals surface area (Å²) in [5.74, 6) is 0.262. The number of nitrogens with one attached hydrogen (secondary N) is 1. The zero-order chi connectivity index (χ0) is 6.41. The summed E-state index contributed by atoms with van der Waals surface area (Å²) in [5.41, 5.74) is 10.3. The van der Waals surface area contributed by atoms with Gasteiger partial charge in [0.2, 0.25) is 0 Å². The van der Waals surface area contributed by atoms with Gasteiger partial charge in [-0.25, -0.2) is 0 Å². The Labute approximate surface area is 73.9 Å². The Kier molecular flexibility index (Phi) is 19.5. The number of hydrogen-bond donors (Lipinski definition) is 3. The maximum Gasteiger partial charge on any atom is 0.0905 e. The molecule has 0 unspecified atom stereocenters. The number of unbranched alkanes of at least 4 members (excludes halogenated alkanes) is 1. The topological polar surface area (TPSA) is 75.9 Å². The first-order valence-electron chi connectivity index (χ1n) is 2.80. The minimum Gasteiger partial charge on any atom is -0.388 e. The van der Waals surface area contributed by atoms with Gasteiger partial charge in [-0.1, -0.05) is 0 Å². The Morgan fingerprint density at radius 3 is 2.00 bits per heavy atom. The summed E-state index contributed by atoms with van der Waals surface area (Å²) in [6.07, 6.45) is 2.61. The molecule has 64 valence electrons. The van der Waals surface area contributed by atoms with Crippen LogP contribution in [0.15, 0.2) is 0 Å². The number of hydrogen-bond acceptors (Lipinski definition) is 2. The molecule has 0 saturated carbocycles. The van der Waals surface area contributed by atoms with E-state index in [1.54, 1.807) is 0 Å². The summed E-state index contributed by atoms with van der Waals surface area (Å²) in [6, 6.07) is 0. The molecule has 0 aromatic carbocycles. The van der Waals surface area contributed by atoms with Crippen molar-refractivity contribution in [3.63, 3.8) is 0 Å². The minimum absolute atomic E-state index is 0. The van der Waals surface area contributed by atoms with Crippen molar-refractivity contribution in [3.8, 4) is 0 Å². The summed E-state index contributed by atoms with van der Waals surface area (Å²) in [6.45, 7) is 0.702. The van der Waals surface area contributed by atoms with Crippen molar-refractivity contribution >= 4 is 30.6 Å². The Balaban J connectivity index is -0.000000245. The van der Waals surface area contributed by atoms with Crippen LogP contribution in [0.3, 0.4) is 0 Å². The largest absolute Gasteiger partial charge is 0.388 e. The fraction of sp³-hybridized carbons (Fsp3) is 0.800. The van der Waals surface area contributed by atoms with Crippen molar-refractivity contribution < 1.29 is 0 Å². The predicted octanol–water partition coefficient (Wildman–Crippen LogP) is 0.895. The predicted molar refractivity (Wildman–Crippen MR) is 49.3 cm³/mol. The maximum atomic E-state index is 6.81. The maximum absolute atomic E-state index is 6.81. The number of amidine groups is 1. The molecule has 5 heteroatoms. The van der Waals surface area contributed by atoms with Crippen LogP contribution in [0, 0.1) is 5.41 Å². The number of nitrogens with two attached hydrogens (primary N) is 2. The fourth-order valence-corrected chi connectivity index (χ4v) is 0.460. The van der Waals surface area contributed by atoms with Crippen LogP contribution in [0.1, 0.15) is 19.3 Å². The first-order valence-corrected chi connectivity index (χ1v) is 2.80. The summed E-state index contributed by atoms with van der Waals surface area (Å²) >= 11 is 0. The van der Waals surface area contributed by atoms with Gasteiger partial charge in [-0.2, -0.15) is 0 Å². The van der Waals surface area contributed by atoms with E-state index in [-0.39, 0.29) is 30.6 Å². The molecule has 0 amide bonds. The van der Waals surface area contributed by atoms with E-state index in [1.807, 2.05) is 0 Å². The van der Waals surface area contributed by atoms with Crippen molar-refractivity contribution in [2.75, 3.05) is 6.54 Å². The monoisotopic (exact) mass is 187 g/mol. The van der Waals surface area contributed by atoms with E-state index in [9.17, 15) is 0 Å². The highest BCUT2D eigenvalue weighted by Gasteiger charge is 1.86. The van der Waals surface area contributed by atoms with Crippen LogP contribution in [-0.2, 0) is 0 Å². The van der Waals surface area contributed by atoms with Gasteiger partial charge >= 0.3 is 0 Å². The molecule has 0 heterocycles. The molecule has 0 aliphatic carbocycles. The second-order valence-electron chi connectivity index (χ2n) is 1.77. The van der Waals surface area contributed by atoms with E-state index in [1.165, 1.54) is 0 Å². The molecule has 0 atom stereocenters. The molecular weight excluding hydrogens is 173 g/mol. The van der Waals surface area contributed by atoms with Gasteiger partial charge < -0.3 is 11.5 Å². The van der Waals surface area contributed by atoms with Crippen molar-refractivity contribution in [2.45, 2.75) is 19.3 Å². The molecule has 0 saturated heterocycles. The molecule has 0 fully saturated rings. The average molecular weight is 188 g/mol. The number of halogens is 2. The Morgan fingerprint density at radius 1 is 1.20 bits per heavy atom. The minimum atomic E-state index is 0. The zero-order valence-electron chi connectivity index (χ0n) is 5.80. The average Bonchev–Trinajstić information content (AvgIpc) is 1.66. The lowest BCUT2D eigenvalue weighted by Gasteiger charge is -1.93. The second-order valence-corrected chi connectivity index (χ2v) is 1.77. The highest BCUT2D eigenvalue weighted by Crippen LogP contribution is 1.90. The third-order valence-corrected chi connectivity index (χ3v) is 0.900. The molecule has 0 aliphatic heterocycles. The van der Waals surface area contributed by atoms with E-state index in [4.69, 9.17) is 16.9 Å². The summed E-state index contributed by atoms with van der Waals surface area (Å²) in [5, 5.41) is 6.81. The Bertz CT molecular complexity index is 77.3. The van der Waals surface area contributed by atoms with Crippen LogP contribution < -0.4 is 11.5 Å². The van der Waals surface area contributed by atoms with Gasteiger partial charge in [0.05, 0.1) is 5.84 Å². The van der Waals surface area contributed by atoms with Crippen LogP contribution in [0.4, 0.5) is 0 Å². The van der Waals surface area contributed by atoms with Gasteiger partial charge in [0.15, 0.2) is 0 Å². The Hall–Kier alpha value is 0.01000. The molecule has 0 aromatic rings. The summed E-state index contributed by atoms with van der Waals surface area (Å²) < 4.78 is 0. The van der Waals surface area contributed by atoms with Gasteiger partial charge in [-0.3, -0.25) is 5.41 Å². The lowest BCUT2D eigenvalue weighted by atomic mass is 10.2. The smallest absolute Gasteiger partial charge is 0.0905 e. The van der Waals surface area contributed by atoms with Gasteiger partial charge in [-0.15, -0.1) is 24.8 Å². The first-order chi connectivity index (χ1) is 3.77. The van der Waals surface area contributed by atoms with Gasteiger partial charge in [-0.05, 0) is 19.4 Å². The third-order valence-electron chi connectivity index (χ3n) is 0.900. The molecule has 0 spiro atoms. The van der Waals surface area contributed by atoms with E-state index < -0.39 is 0 Å². The summed E-state index contributed by atoms with van der Waals surface area (Å²) in [7, 11) is 0. The third kappa shape index (κ3) is 15.7. The van der Waals surface area contributed by atoms with Gasteiger partial charge in [0.25, 0.3) is 0 Å². The molecule has 0 aliphatic rings. The lowest BCUT2D eigenvalue weighted by Crippen LogP contribution is -2.09. The number of rotatable bonds is 4. The van der Waals surface area contributed by atoms with Gasteiger partial charge in [0.1, 0.15) is 0 Å². The highest BCUT2D eigenvalue weighted by molar-refractivity contribution is 5.85. The van der Waals surface area contributed by atoms with Crippen molar-refractivity contribution in [2.24, 2.45) is 11.5 Å². The standard InChI is InChI=1S/C5H13N3.2ClH/c6-4-2-1-3-5(7)8;;/h1-4,6H2,(H3,7,8);2*1H. The van der Waals surface area contributed by atoms with Crippen LogP contribution in [0.25, 0.3) is 0 Å². The van der Waals surface area contributed by atoms with E-state index in [2.05, 4.69) is 0 Å². The van der Waals surface area contributed by atoms with Crippen molar-refractivity contribution in [1.82, 2.24) is 0 Å². The molecule has 0 bridgehead atoms. The molecule has 0 radical (unpaired) electrons. The fourth-order valence-electron chi connectivity index (χ4n) is 0.460. The highest BCUT2D eigenvalue weighted by atomic mass is 35.5. The normalized spacial score (nSPS) is 7.30. The van der Waals surface area contributed by atoms with E-state index in [0.717, 1.165) is 12.8 Å². The molecule has 0 aromatic heterocycles. The molecule has 3 nitrogen and oxygen atoms in total. The van der Waals surface area contributed by atoms with Crippen LogP contribution in [0.2, 0.25) is 0 Å². The zero-order valence-corrected chi connectivity index (χ0v) is 7.43. The quantitative estimate of drug-likeness (QED) is 0.348. The lowest BCUT2D eigenvalue weighted by molar-refractivity contribution is 0.769. The van der Waals surface area contributed by atoms with E-state index >= 15 is 0 Å². The van der Waals surface area contributed by atoms with Crippen LogP contribution >= 0.6 is 24.8 Å². The van der Waals surface area contributed by atoms with Crippen LogP contribution in [-0.4, -0.2) is 12.4 Å². The van der Waals surface area contributed by atoms with Gasteiger partial charge in [0, 0.05) is 6.42 Å². The SMILES string of the molecule is Cl.Cl.N=C(N)CCCCN. The van der Waals surface area contributed by atoms with Crippen molar-refractivity contribution in [1.29, 1.82) is 5.41 Å². The first kappa shape index (κ1) is 16.5. The molecule has 0 rings (SSSR count). The van der Waals surface area contributed by atoms with Crippen LogP contribution in [0.5, 0.6) is 0 Å².